The Balaban J connectivity index is 1.33. The number of allylic oxidation sites excluding steroid dienone is 2. The summed E-state index contributed by atoms with van der Waals surface area (Å²) in [6.45, 7) is 6.24. The lowest BCUT2D eigenvalue weighted by Crippen LogP contribution is -2.27. The van der Waals surface area contributed by atoms with Gasteiger partial charge < -0.3 is 9.47 Å². The van der Waals surface area contributed by atoms with Crippen LogP contribution in [0.25, 0.3) is 0 Å². The summed E-state index contributed by atoms with van der Waals surface area (Å²) < 4.78 is 12.0. The minimum Gasteiger partial charge on any atom is -0.348 e. The molecule has 0 aromatic heterocycles. The first-order valence-corrected chi connectivity index (χ1v) is 12.8. The van der Waals surface area contributed by atoms with Gasteiger partial charge in [0.25, 0.3) is 0 Å². The van der Waals surface area contributed by atoms with E-state index in [-0.39, 0.29) is 6.29 Å². The number of hydrogen-bond donors (Lipinski definition) is 0. The lowest BCUT2D eigenvalue weighted by molar-refractivity contribution is -0.206. The molecule has 1 aromatic carbocycles. The summed E-state index contributed by atoms with van der Waals surface area (Å²) in [4.78, 5) is 0. The summed E-state index contributed by atoms with van der Waals surface area (Å²) in [5.41, 5.74) is 2.56. The molecule has 1 saturated heterocycles. The maximum absolute atomic E-state index is 6.00. The van der Waals surface area contributed by atoms with E-state index >= 15 is 0 Å². The summed E-state index contributed by atoms with van der Waals surface area (Å²) in [6.07, 6.45) is 20.6. The normalized spacial score (nSPS) is 27.5. The van der Waals surface area contributed by atoms with Crippen LogP contribution in [0.5, 0.6) is 0 Å². The zero-order valence-corrected chi connectivity index (χ0v) is 19.5. The van der Waals surface area contributed by atoms with Gasteiger partial charge in [-0.15, -0.1) is 0 Å². The Morgan fingerprint density at radius 3 is 2.23 bits per heavy atom. The van der Waals surface area contributed by atoms with Crippen molar-refractivity contribution in [3.05, 3.63) is 47.5 Å². The molecule has 0 radical (unpaired) electrons. The van der Waals surface area contributed by atoms with E-state index in [1.165, 1.54) is 69.8 Å². The van der Waals surface area contributed by atoms with Crippen LogP contribution in [-0.4, -0.2) is 13.2 Å². The van der Waals surface area contributed by atoms with Crippen LogP contribution in [0, 0.1) is 17.8 Å². The van der Waals surface area contributed by atoms with Gasteiger partial charge in [-0.1, -0.05) is 82.4 Å². The SMILES string of the molecule is CCCCCC1COC(c2ccc(CC/C=C/C3CCC(CCC)CC3)cc2)OC1. The summed E-state index contributed by atoms with van der Waals surface area (Å²) in [5, 5.41) is 0. The maximum Gasteiger partial charge on any atom is 0.183 e. The highest BCUT2D eigenvalue weighted by Crippen LogP contribution is 2.32. The van der Waals surface area contributed by atoms with E-state index in [0.29, 0.717) is 5.92 Å². The van der Waals surface area contributed by atoms with E-state index in [2.05, 4.69) is 50.3 Å². The quantitative estimate of drug-likeness (QED) is 0.270. The lowest BCUT2D eigenvalue weighted by atomic mass is 9.80. The van der Waals surface area contributed by atoms with Gasteiger partial charge in [-0.3, -0.25) is 0 Å². The smallest absolute Gasteiger partial charge is 0.183 e. The second-order valence-electron chi connectivity index (χ2n) is 9.64. The van der Waals surface area contributed by atoms with Gasteiger partial charge in [0.05, 0.1) is 13.2 Å². The predicted molar refractivity (Wildman–Crippen MR) is 127 cm³/mol. The molecule has 2 fully saturated rings. The zero-order chi connectivity index (χ0) is 21.0. The molecular weight excluding hydrogens is 368 g/mol. The van der Waals surface area contributed by atoms with Crippen LogP contribution in [0.15, 0.2) is 36.4 Å². The topological polar surface area (TPSA) is 18.5 Å². The van der Waals surface area contributed by atoms with Gasteiger partial charge in [0.1, 0.15) is 0 Å². The van der Waals surface area contributed by atoms with Crippen molar-refractivity contribution in [3.63, 3.8) is 0 Å². The third kappa shape index (κ3) is 7.85. The number of hydrogen-bond acceptors (Lipinski definition) is 2. The van der Waals surface area contributed by atoms with E-state index in [0.717, 1.165) is 43.5 Å². The number of unbranched alkanes of at least 4 members (excludes halogenated alkanes) is 2. The van der Waals surface area contributed by atoms with Crippen LogP contribution in [0.4, 0.5) is 0 Å². The van der Waals surface area contributed by atoms with E-state index in [1.54, 1.807) is 0 Å². The average Bonchev–Trinajstić information content (AvgIpc) is 2.79. The first kappa shape index (κ1) is 23.5. The fraction of sp³-hybridized carbons (Fsp3) is 0.714. The van der Waals surface area contributed by atoms with Crippen LogP contribution >= 0.6 is 0 Å². The molecule has 0 atom stereocenters. The predicted octanol–water partition coefficient (Wildman–Crippen LogP) is 8.02. The van der Waals surface area contributed by atoms with Crippen molar-refractivity contribution in [1.82, 2.24) is 0 Å². The van der Waals surface area contributed by atoms with Crippen LogP contribution in [0.3, 0.4) is 0 Å². The number of rotatable bonds is 11. The molecule has 1 saturated carbocycles. The van der Waals surface area contributed by atoms with Crippen molar-refractivity contribution in [1.29, 1.82) is 0 Å². The van der Waals surface area contributed by atoms with Crippen LogP contribution in [0.1, 0.15) is 102 Å². The van der Waals surface area contributed by atoms with Gasteiger partial charge in [-0.05, 0) is 62.3 Å². The highest BCUT2D eigenvalue weighted by Gasteiger charge is 2.23. The van der Waals surface area contributed by atoms with E-state index < -0.39 is 0 Å². The summed E-state index contributed by atoms with van der Waals surface area (Å²) in [5.74, 6) is 2.40. The van der Waals surface area contributed by atoms with Gasteiger partial charge in [0, 0.05) is 11.5 Å². The Morgan fingerprint density at radius 2 is 1.57 bits per heavy atom. The highest BCUT2D eigenvalue weighted by atomic mass is 16.7. The van der Waals surface area contributed by atoms with E-state index in [1.807, 2.05) is 0 Å². The molecule has 0 unspecified atom stereocenters. The highest BCUT2D eigenvalue weighted by molar-refractivity contribution is 5.24. The molecule has 168 valence electrons. The van der Waals surface area contributed by atoms with E-state index in [4.69, 9.17) is 9.47 Å². The van der Waals surface area contributed by atoms with Gasteiger partial charge in [-0.2, -0.15) is 0 Å². The first-order chi connectivity index (χ1) is 14.8. The second-order valence-corrected chi connectivity index (χ2v) is 9.64. The Kier molecular flexibility index (Phi) is 10.5. The van der Waals surface area contributed by atoms with Crippen molar-refractivity contribution in [2.24, 2.45) is 17.8 Å². The summed E-state index contributed by atoms with van der Waals surface area (Å²) in [6, 6.07) is 8.88. The molecule has 1 aliphatic carbocycles. The average molecular weight is 413 g/mol. The molecule has 0 bridgehead atoms. The fourth-order valence-corrected chi connectivity index (χ4v) is 5.04. The molecule has 1 heterocycles. The number of ether oxygens (including phenoxy) is 2. The van der Waals surface area contributed by atoms with Gasteiger partial charge in [-0.25, -0.2) is 0 Å². The molecule has 0 amide bonds. The third-order valence-corrected chi connectivity index (χ3v) is 7.03. The molecule has 2 heteroatoms. The Labute approximate surface area is 185 Å². The molecule has 1 aromatic rings. The van der Waals surface area contributed by atoms with Crippen LogP contribution in [-0.2, 0) is 15.9 Å². The van der Waals surface area contributed by atoms with Crippen molar-refractivity contribution in [2.45, 2.75) is 97.2 Å². The molecule has 3 rings (SSSR count). The van der Waals surface area contributed by atoms with Gasteiger partial charge >= 0.3 is 0 Å². The maximum atomic E-state index is 6.00. The van der Waals surface area contributed by atoms with Crippen LogP contribution < -0.4 is 0 Å². The molecule has 2 aliphatic rings. The minimum atomic E-state index is -0.177. The largest absolute Gasteiger partial charge is 0.348 e. The van der Waals surface area contributed by atoms with E-state index in [9.17, 15) is 0 Å². The fourth-order valence-electron chi connectivity index (χ4n) is 5.04. The number of benzene rings is 1. The monoisotopic (exact) mass is 412 g/mol. The van der Waals surface area contributed by atoms with Gasteiger partial charge in [0.2, 0.25) is 0 Å². The molecule has 2 nitrogen and oxygen atoms in total. The second kappa shape index (κ2) is 13.3. The molecule has 1 aliphatic heterocycles. The number of aryl methyl sites for hydroxylation is 1. The van der Waals surface area contributed by atoms with Crippen molar-refractivity contribution < 1.29 is 9.47 Å². The Morgan fingerprint density at radius 1 is 0.833 bits per heavy atom. The molecule has 0 N–H and O–H groups in total. The van der Waals surface area contributed by atoms with Crippen molar-refractivity contribution in [3.8, 4) is 0 Å². The summed E-state index contributed by atoms with van der Waals surface area (Å²) in [7, 11) is 0. The summed E-state index contributed by atoms with van der Waals surface area (Å²) >= 11 is 0. The minimum absolute atomic E-state index is 0.177. The zero-order valence-electron chi connectivity index (χ0n) is 19.5. The lowest BCUT2D eigenvalue weighted by Gasteiger charge is -2.29. The van der Waals surface area contributed by atoms with Crippen molar-refractivity contribution >= 4 is 0 Å². The molecule has 30 heavy (non-hydrogen) atoms. The Hall–Kier alpha value is -1.12. The molecular formula is C28H44O2. The standard InChI is InChI=1S/C28H44O2/c1-3-5-6-12-26-21-29-28(30-22-26)27-19-17-25(18-20-27)11-8-7-10-24-15-13-23(9-4-2)14-16-24/h7,10,17-20,23-24,26,28H,3-6,8-9,11-16,21-22H2,1-2H3/b10-7+. The van der Waals surface area contributed by atoms with Crippen molar-refractivity contribution in [2.75, 3.05) is 13.2 Å². The van der Waals surface area contributed by atoms with Gasteiger partial charge in [0.15, 0.2) is 6.29 Å². The molecule has 0 spiro atoms. The Bertz CT molecular complexity index is 590. The van der Waals surface area contributed by atoms with Crippen LogP contribution in [0.2, 0.25) is 0 Å². The first-order valence-electron chi connectivity index (χ1n) is 12.8. The third-order valence-electron chi connectivity index (χ3n) is 7.03.